The molecule has 0 amide bonds. The average molecular weight is 276 g/mol. The van der Waals surface area contributed by atoms with E-state index in [0.717, 1.165) is 45.3 Å². The van der Waals surface area contributed by atoms with E-state index in [1.807, 2.05) is 20.8 Å². The Bertz CT molecular complexity index is 189. The first-order valence-corrected chi connectivity index (χ1v) is 7.29. The Labute approximate surface area is 118 Å². The lowest BCUT2D eigenvalue weighted by atomic mass is 9.91. The van der Waals surface area contributed by atoms with E-state index < -0.39 is 5.97 Å². The lowest BCUT2D eigenvalue weighted by Gasteiger charge is -2.15. The maximum Gasteiger partial charge on any atom is 0.303 e. The maximum absolute atomic E-state index is 10.0. The van der Waals surface area contributed by atoms with Crippen LogP contribution in [0.2, 0.25) is 0 Å². The fourth-order valence-corrected chi connectivity index (χ4v) is 1.01. The number of hydrogen-bond acceptors (Lipinski definition) is 3. The zero-order valence-corrected chi connectivity index (χ0v) is 13.3. The van der Waals surface area contributed by atoms with E-state index >= 15 is 0 Å². The second-order valence-electron chi connectivity index (χ2n) is 5.81. The van der Waals surface area contributed by atoms with Crippen LogP contribution in [-0.4, -0.2) is 24.3 Å². The molecule has 0 atom stereocenters. The highest BCUT2D eigenvalue weighted by atomic mass is 17.2. The summed E-state index contributed by atoms with van der Waals surface area (Å²) < 4.78 is 0. The van der Waals surface area contributed by atoms with Crippen LogP contribution >= 0.6 is 0 Å². The van der Waals surface area contributed by atoms with Crippen molar-refractivity contribution < 1.29 is 19.7 Å². The first kappa shape index (κ1) is 20.7. The molecule has 0 aromatic heterocycles. The molecule has 19 heavy (non-hydrogen) atoms. The lowest BCUT2D eigenvalue weighted by molar-refractivity contribution is -0.295. The summed E-state index contributed by atoms with van der Waals surface area (Å²) in [4.78, 5) is 19.8. The molecular weight excluding hydrogens is 244 g/mol. The summed E-state index contributed by atoms with van der Waals surface area (Å²) in [5.41, 5.74) is 0.151. The van der Waals surface area contributed by atoms with Crippen LogP contribution in [0.25, 0.3) is 0 Å². The number of aliphatic carboxylic acids is 1. The van der Waals surface area contributed by atoms with Crippen molar-refractivity contribution in [2.24, 2.45) is 5.41 Å². The zero-order chi connectivity index (χ0) is 15.1. The fourth-order valence-electron chi connectivity index (χ4n) is 1.01. The molecule has 0 saturated carbocycles. The molecule has 4 nitrogen and oxygen atoms in total. The Hall–Kier alpha value is -0.610. The normalized spacial score (nSPS) is 10.8. The van der Waals surface area contributed by atoms with Crippen LogP contribution in [0, 0.1) is 5.41 Å². The standard InChI is InChI=1S/C8H18O2.C7H14O2/c1-3-5-7-9-10-8-6-4-2;1-7(2,3)5-4-6(8)9/h3-8H2,1-2H3;4-5H2,1-3H3,(H,8,9). The van der Waals surface area contributed by atoms with Crippen molar-refractivity contribution in [2.45, 2.75) is 73.1 Å². The lowest BCUT2D eigenvalue weighted by Crippen LogP contribution is -2.07. The third-order valence-electron chi connectivity index (χ3n) is 2.33. The molecule has 116 valence electrons. The highest BCUT2D eigenvalue weighted by Crippen LogP contribution is 2.19. The van der Waals surface area contributed by atoms with Crippen LogP contribution in [0.15, 0.2) is 0 Å². The van der Waals surface area contributed by atoms with Crippen LogP contribution in [0.3, 0.4) is 0 Å². The van der Waals surface area contributed by atoms with Gasteiger partial charge in [-0.05, 0) is 24.7 Å². The third kappa shape index (κ3) is 26.8. The Morgan fingerprint density at radius 1 is 1.00 bits per heavy atom. The predicted molar refractivity (Wildman–Crippen MR) is 78.0 cm³/mol. The Morgan fingerprint density at radius 3 is 1.63 bits per heavy atom. The first-order valence-electron chi connectivity index (χ1n) is 7.29. The molecular formula is C15H32O4. The van der Waals surface area contributed by atoms with Gasteiger partial charge in [-0.1, -0.05) is 47.5 Å². The summed E-state index contributed by atoms with van der Waals surface area (Å²) in [7, 11) is 0. The molecule has 0 unspecified atom stereocenters. The number of carbonyl (C=O) groups is 1. The molecule has 0 radical (unpaired) electrons. The highest BCUT2D eigenvalue weighted by molar-refractivity contribution is 5.66. The molecule has 0 aromatic carbocycles. The number of unbranched alkanes of at least 4 members (excludes halogenated alkanes) is 2. The van der Waals surface area contributed by atoms with Crippen molar-refractivity contribution in [3.63, 3.8) is 0 Å². The second kappa shape index (κ2) is 13.8. The largest absolute Gasteiger partial charge is 0.481 e. The van der Waals surface area contributed by atoms with Crippen molar-refractivity contribution in [3.8, 4) is 0 Å². The molecule has 0 spiro atoms. The zero-order valence-electron chi connectivity index (χ0n) is 13.3. The molecule has 0 rings (SSSR count). The first-order chi connectivity index (χ1) is 8.83. The van der Waals surface area contributed by atoms with Crippen molar-refractivity contribution in [1.29, 1.82) is 0 Å². The molecule has 1 N–H and O–H groups in total. The van der Waals surface area contributed by atoms with Gasteiger partial charge in [0.1, 0.15) is 0 Å². The predicted octanol–water partition coefficient (Wildman–Crippen LogP) is 4.43. The average Bonchev–Trinajstić information content (AvgIpc) is 2.31. The minimum atomic E-state index is -0.704. The SMILES string of the molecule is CC(C)(C)CCC(=O)O.CCCCOOCCCC. The number of carboxylic acids is 1. The van der Waals surface area contributed by atoms with Crippen LogP contribution < -0.4 is 0 Å². The number of rotatable bonds is 9. The number of hydrogen-bond donors (Lipinski definition) is 1. The van der Waals surface area contributed by atoms with Crippen molar-refractivity contribution in [2.75, 3.05) is 13.2 Å². The van der Waals surface area contributed by atoms with Gasteiger partial charge in [0.05, 0.1) is 13.2 Å². The number of carboxylic acid groups (broad SMARTS) is 1. The fraction of sp³-hybridized carbons (Fsp3) is 0.933. The summed E-state index contributed by atoms with van der Waals surface area (Å²) >= 11 is 0. The molecule has 0 fully saturated rings. The van der Waals surface area contributed by atoms with Crippen LogP contribution in [0.5, 0.6) is 0 Å². The van der Waals surface area contributed by atoms with Crippen LogP contribution in [0.1, 0.15) is 73.1 Å². The summed E-state index contributed by atoms with van der Waals surface area (Å²) in [5, 5.41) is 8.28. The maximum atomic E-state index is 10.0. The molecule has 0 bridgehead atoms. The summed E-state index contributed by atoms with van der Waals surface area (Å²) in [6, 6.07) is 0. The topological polar surface area (TPSA) is 55.8 Å². The molecule has 0 aliphatic carbocycles. The second-order valence-corrected chi connectivity index (χ2v) is 5.81. The van der Waals surface area contributed by atoms with Crippen LogP contribution in [-0.2, 0) is 14.6 Å². The minimum absolute atomic E-state index is 0.151. The molecule has 0 aromatic rings. The van der Waals surface area contributed by atoms with Gasteiger partial charge in [-0.3, -0.25) is 4.79 Å². The Kier molecular flexibility index (Phi) is 15.1. The smallest absolute Gasteiger partial charge is 0.303 e. The molecule has 0 aliphatic rings. The quantitative estimate of drug-likeness (QED) is 0.384. The Morgan fingerprint density at radius 2 is 1.42 bits per heavy atom. The third-order valence-corrected chi connectivity index (χ3v) is 2.33. The highest BCUT2D eigenvalue weighted by Gasteiger charge is 2.11. The summed E-state index contributed by atoms with van der Waals surface area (Å²) in [6.45, 7) is 11.9. The Balaban J connectivity index is 0. The van der Waals surface area contributed by atoms with E-state index in [2.05, 4.69) is 13.8 Å². The molecule has 4 heteroatoms. The van der Waals surface area contributed by atoms with E-state index in [1.165, 1.54) is 0 Å². The van der Waals surface area contributed by atoms with E-state index in [0.29, 0.717) is 0 Å². The van der Waals surface area contributed by atoms with Gasteiger partial charge >= 0.3 is 5.97 Å². The van der Waals surface area contributed by atoms with Crippen molar-refractivity contribution in [1.82, 2.24) is 0 Å². The van der Waals surface area contributed by atoms with Gasteiger partial charge in [0, 0.05) is 6.42 Å². The van der Waals surface area contributed by atoms with Gasteiger partial charge in [0.25, 0.3) is 0 Å². The van der Waals surface area contributed by atoms with Gasteiger partial charge in [-0.15, -0.1) is 0 Å². The van der Waals surface area contributed by atoms with Crippen molar-refractivity contribution >= 4 is 5.97 Å². The molecule has 0 saturated heterocycles. The van der Waals surface area contributed by atoms with Gasteiger partial charge in [0.2, 0.25) is 0 Å². The summed E-state index contributed by atoms with van der Waals surface area (Å²) in [5.74, 6) is -0.704. The molecule has 0 aliphatic heterocycles. The van der Waals surface area contributed by atoms with E-state index in [-0.39, 0.29) is 11.8 Å². The molecule has 0 heterocycles. The minimum Gasteiger partial charge on any atom is -0.481 e. The van der Waals surface area contributed by atoms with Gasteiger partial charge in [-0.2, -0.15) is 0 Å². The van der Waals surface area contributed by atoms with E-state index in [4.69, 9.17) is 14.9 Å². The monoisotopic (exact) mass is 276 g/mol. The summed E-state index contributed by atoms with van der Waals surface area (Å²) in [6.07, 6.45) is 5.54. The van der Waals surface area contributed by atoms with E-state index in [9.17, 15) is 4.79 Å². The van der Waals surface area contributed by atoms with Gasteiger partial charge in [-0.25, -0.2) is 9.78 Å². The van der Waals surface area contributed by atoms with E-state index in [1.54, 1.807) is 0 Å². The van der Waals surface area contributed by atoms with Crippen LogP contribution in [0.4, 0.5) is 0 Å². The van der Waals surface area contributed by atoms with Gasteiger partial charge < -0.3 is 5.11 Å². The van der Waals surface area contributed by atoms with Gasteiger partial charge in [0.15, 0.2) is 0 Å². The van der Waals surface area contributed by atoms with Crippen molar-refractivity contribution in [3.05, 3.63) is 0 Å².